The fourth-order valence-electron chi connectivity index (χ4n) is 2.89. The molecule has 23 heavy (non-hydrogen) atoms. The van der Waals surface area contributed by atoms with Crippen LogP contribution in [-0.2, 0) is 4.79 Å². The average molecular weight is 333 g/mol. The Labute approximate surface area is 141 Å². The van der Waals surface area contributed by atoms with E-state index in [2.05, 4.69) is 22.5 Å². The molecule has 2 N–H and O–H groups in total. The van der Waals surface area contributed by atoms with Crippen LogP contribution in [0.3, 0.4) is 0 Å². The predicted molar refractivity (Wildman–Crippen MR) is 93.5 cm³/mol. The van der Waals surface area contributed by atoms with Gasteiger partial charge in [-0.05, 0) is 36.6 Å². The molecule has 1 aromatic rings. The second-order valence-corrected chi connectivity index (χ2v) is 6.29. The first-order chi connectivity index (χ1) is 11.1. The summed E-state index contributed by atoms with van der Waals surface area (Å²) in [6.45, 7) is 5.00. The minimum atomic E-state index is -0.0254. The van der Waals surface area contributed by atoms with Crippen LogP contribution >= 0.6 is 11.6 Å². The van der Waals surface area contributed by atoms with Gasteiger partial charge in [-0.2, -0.15) is 0 Å². The van der Waals surface area contributed by atoms with Gasteiger partial charge in [-0.15, -0.1) is 0 Å². The highest BCUT2D eigenvalue weighted by atomic mass is 35.5. The van der Waals surface area contributed by atoms with Gasteiger partial charge < -0.3 is 15.5 Å². The van der Waals surface area contributed by atoms with E-state index in [1.807, 2.05) is 35.4 Å². The molecule has 2 aliphatic rings. The van der Waals surface area contributed by atoms with Crippen LogP contribution in [0.25, 0.3) is 5.57 Å². The summed E-state index contributed by atoms with van der Waals surface area (Å²) in [6, 6.07) is 7.91. The molecule has 1 saturated heterocycles. The lowest BCUT2D eigenvalue weighted by Gasteiger charge is -2.34. The first-order valence-electron chi connectivity index (χ1n) is 7.93. The maximum Gasteiger partial charge on any atom is 0.289 e. The van der Waals surface area contributed by atoms with Gasteiger partial charge in [0.25, 0.3) is 5.91 Å². The van der Waals surface area contributed by atoms with Crippen LogP contribution in [0.2, 0.25) is 5.02 Å². The van der Waals surface area contributed by atoms with Gasteiger partial charge >= 0.3 is 0 Å². The number of nitrogens with one attached hydrogen (secondary N) is 2. The van der Waals surface area contributed by atoms with E-state index in [1.54, 1.807) is 0 Å². The molecule has 2 heterocycles. The zero-order chi connectivity index (χ0) is 16.2. The molecule has 2 aliphatic heterocycles. The van der Waals surface area contributed by atoms with Crippen molar-refractivity contribution >= 4 is 28.9 Å². The van der Waals surface area contributed by atoms with E-state index in [-0.39, 0.29) is 11.9 Å². The summed E-state index contributed by atoms with van der Waals surface area (Å²) >= 11 is 6.06. The van der Waals surface area contributed by atoms with E-state index >= 15 is 0 Å². The number of carbonyl (C=O) groups excluding carboxylic acids is 1. The van der Waals surface area contributed by atoms with Gasteiger partial charge in [-0.3, -0.25) is 9.79 Å². The summed E-state index contributed by atoms with van der Waals surface area (Å²) in [4.78, 5) is 19.0. The quantitative estimate of drug-likeness (QED) is 0.869. The number of aliphatic imine (C=N–C) groups is 1. The van der Waals surface area contributed by atoms with Crippen molar-refractivity contribution in [2.24, 2.45) is 4.99 Å². The second kappa shape index (κ2) is 7.15. The smallest absolute Gasteiger partial charge is 0.289 e. The molecule has 1 aromatic carbocycles. The maximum absolute atomic E-state index is 12.7. The molecule has 0 bridgehead atoms. The topological polar surface area (TPSA) is 56.7 Å². The van der Waals surface area contributed by atoms with Crippen LogP contribution in [-0.4, -0.2) is 48.9 Å². The first kappa shape index (κ1) is 16.0. The van der Waals surface area contributed by atoms with Gasteiger partial charge in [0.15, 0.2) is 5.84 Å². The van der Waals surface area contributed by atoms with E-state index < -0.39 is 0 Å². The van der Waals surface area contributed by atoms with E-state index in [4.69, 9.17) is 11.6 Å². The number of hydrogen-bond acceptors (Lipinski definition) is 4. The molecular weight excluding hydrogens is 312 g/mol. The Morgan fingerprint density at radius 3 is 3.09 bits per heavy atom. The van der Waals surface area contributed by atoms with E-state index in [0.717, 1.165) is 30.6 Å². The van der Waals surface area contributed by atoms with Crippen LogP contribution in [0.15, 0.2) is 35.5 Å². The molecule has 0 spiro atoms. The Morgan fingerprint density at radius 2 is 2.30 bits per heavy atom. The lowest BCUT2D eigenvalue weighted by molar-refractivity contribution is -0.126. The molecule has 0 radical (unpaired) electrons. The Bertz CT molecular complexity index is 656. The molecule has 122 valence electrons. The molecule has 0 aliphatic carbocycles. The Hall–Kier alpha value is -1.85. The van der Waals surface area contributed by atoms with Gasteiger partial charge in [0.05, 0.1) is 0 Å². The first-order valence-corrected chi connectivity index (χ1v) is 8.30. The van der Waals surface area contributed by atoms with Crippen LogP contribution in [0.5, 0.6) is 0 Å². The molecule has 1 unspecified atom stereocenters. The number of piperazine rings is 1. The average Bonchev–Trinajstić information content (AvgIpc) is 2.81. The van der Waals surface area contributed by atoms with Gasteiger partial charge in [0.2, 0.25) is 0 Å². The maximum atomic E-state index is 12.7. The fraction of sp³-hybridized carbons (Fsp3) is 0.412. The van der Waals surface area contributed by atoms with Crippen LogP contribution in [0.4, 0.5) is 0 Å². The number of amides is 1. The Kier molecular flexibility index (Phi) is 4.98. The molecule has 0 aromatic heterocycles. The van der Waals surface area contributed by atoms with Crippen molar-refractivity contribution in [1.29, 1.82) is 0 Å². The van der Waals surface area contributed by atoms with Gasteiger partial charge in [0.1, 0.15) is 0 Å². The summed E-state index contributed by atoms with van der Waals surface area (Å²) in [5, 5.41) is 7.10. The van der Waals surface area contributed by atoms with Gasteiger partial charge in [0, 0.05) is 43.4 Å². The highest BCUT2D eigenvalue weighted by Crippen LogP contribution is 2.22. The van der Waals surface area contributed by atoms with Crippen molar-refractivity contribution in [3.63, 3.8) is 0 Å². The summed E-state index contributed by atoms with van der Waals surface area (Å²) in [5.41, 5.74) is 2.16. The third-order valence-electron chi connectivity index (χ3n) is 4.19. The number of carbonyl (C=O) groups is 1. The molecule has 5 nitrogen and oxygen atoms in total. The highest BCUT2D eigenvalue weighted by Gasteiger charge is 2.26. The molecule has 6 heteroatoms. The summed E-state index contributed by atoms with van der Waals surface area (Å²) in [6.07, 6.45) is 2.66. The molecule has 1 fully saturated rings. The van der Waals surface area contributed by atoms with E-state index in [0.29, 0.717) is 23.9 Å². The Morgan fingerprint density at radius 1 is 1.43 bits per heavy atom. The van der Waals surface area contributed by atoms with Gasteiger partial charge in [-0.1, -0.05) is 23.7 Å². The summed E-state index contributed by atoms with van der Waals surface area (Å²) in [5.74, 6) is 0.401. The lowest BCUT2D eigenvalue weighted by atomic mass is 10.0. The number of halogens is 1. The van der Waals surface area contributed by atoms with Crippen molar-refractivity contribution in [3.05, 3.63) is 41.1 Å². The molecular formula is C17H21ClN4O. The third kappa shape index (κ3) is 3.74. The normalized spacial score (nSPS) is 21.8. The number of nitrogens with zero attached hydrogens (tertiary/aromatic N) is 2. The fourth-order valence-corrected chi connectivity index (χ4v) is 3.08. The minimum Gasteiger partial charge on any atom is -0.342 e. The molecule has 3 rings (SSSR count). The number of hydrogen-bond donors (Lipinski definition) is 2. The van der Waals surface area contributed by atoms with Crippen molar-refractivity contribution in [2.45, 2.75) is 19.4 Å². The zero-order valence-electron chi connectivity index (χ0n) is 13.2. The molecule has 0 saturated carbocycles. The highest BCUT2D eigenvalue weighted by molar-refractivity contribution is 6.38. The second-order valence-electron chi connectivity index (χ2n) is 5.86. The SMILES string of the molecule is CC1CNCCN1C(=O)C1=NCCC(c2cccc(Cl)c2)=CN1. The van der Waals surface area contributed by atoms with Crippen molar-refractivity contribution in [2.75, 3.05) is 26.2 Å². The monoisotopic (exact) mass is 332 g/mol. The number of amidine groups is 1. The lowest BCUT2D eigenvalue weighted by Crippen LogP contribution is -2.55. The van der Waals surface area contributed by atoms with E-state index in [9.17, 15) is 4.79 Å². The molecule has 1 atom stereocenters. The Balaban J connectivity index is 1.73. The minimum absolute atomic E-state index is 0.0254. The van der Waals surface area contributed by atoms with E-state index in [1.165, 1.54) is 0 Å². The largest absolute Gasteiger partial charge is 0.342 e. The summed E-state index contributed by atoms with van der Waals surface area (Å²) in [7, 11) is 0. The predicted octanol–water partition coefficient (Wildman–Crippen LogP) is 1.89. The van der Waals surface area contributed by atoms with Crippen LogP contribution in [0.1, 0.15) is 18.9 Å². The van der Waals surface area contributed by atoms with Gasteiger partial charge in [-0.25, -0.2) is 0 Å². The third-order valence-corrected chi connectivity index (χ3v) is 4.43. The number of benzene rings is 1. The van der Waals surface area contributed by atoms with Crippen molar-refractivity contribution in [3.8, 4) is 0 Å². The summed E-state index contributed by atoms with van der Waals surface area (Å²) < 4.78 is 0. The standard InChI is InChI=1S/C17H21ClN4O/c1-12-10-19-7-8-22(12)17(23)16-20-6-5-14(11-21-16)13-3-2-4-15(18)9-13/h2-4,9,11-12,19H,5-8,10H2,1H3,(H,20,21). The zero-order valence-corrected chi connectivity index (χ0v) is 13.9. The van der Waals surface area contributed by atoms with Crippen molar-refractivity contribution in [1.82, 2.24) is 15.5 Å². The molecule has 1 amide bonds. The van der Waals surface area contributed by atoms with Crippen molar-refractivity contribution < 1.29 is 4.79 Å². The van der Waals surface area contributed by atoms with Crippen LogP contribution < -0.4 is 10.6 Å². The number of rotatable bonds is 2. The van der Waals surface area contributed by atoms with Crippen LogP contribution in [0, 0.1) is 0 Å².